The number of nitrogens with zero attached hydrogens (tertiary/aromatic N) is 3. The molecule has 2 aromatic heterocycles. The molecular weight excluding hydrogens is 390 g/mol. The maximum atomic E-state index is 12.7. The third-order valence-corrected chi connectivity index (χ3v) is 4.69. The van der Waals surface area contributed by atoms with Crippen LogP contribution in [0.4, 0.5) is 4.79 Å². The van der Waals surface area contributed by atoms with Crippen LogP contribution in [0.25, 0.3) is 11.2 Å². The van der Waals surface area contributed by atoms with Gasteiger partial charge in [-0.05, 0) is 48.8 Å². The van der Waals surface area contributed by atoms with Crippen LogP contribution in [0.15, 0.2) is 21.2 Å². The van der Waals surface area contributed by atoms with Crippen LogP contribution in [0.2, 0.25) is 0 Å². The zero-order valence-corrected chi connectivity index (χ0v) is 16.4. The summed E-state index contributed by atoms with van der Waals surface area (Å²) in [5.74, 6) is 0.463. The Bertz CT molecular complexity index is 778. The molecular formula is C17H22BrN3O4. The van der Waals surface area contributed by atoms with Crippen LogP contribution in [-0.4, -0.2) is 46.8 Å². The largest absolute Gasteiger partial charge is 0.444 e. The third-order valence-electron chi connectivity index (χ3n) is 4.25. The molecule has 2 aromatic rings. The maximum Gasteiger partial charge on any atom is 0.410 e. The first-order valence-corrected chi connectivity index (χ1v) is 8.99. The fourth-order valence-electron chi connectivity index (χ4n) is 2.90. The quantitative estimate of drug-likeness (QED) is 0.698. The molecule has 1 fully saturated rings. The summed E-state index contributed by atoms with van der Waals surface area (Å²) in [6.45, 7) is 6.56. The monoisotopic (exact) mass is 411 g/mol. The van der Waals surface area contributed by atoms with Crippen LogP contribution in [-0.2, 0) is 15.0 Å². The van der Waals surface area contributed by atoms with Gasteiger partial charge >= 0.3 is 6.09 Å². The third kappa shape index (κ3) is 3.64. The van der Waals surface area contributed by atoms with Gasteiger partial charge in [-0.25, -0.2) is 9.78 Å². The van der Waals surface area contributed by atoms with Crippen molar-refractivity contribution in [2.24, 2.45) is 0 Å². The number of carbonyl (C=O) groups excluding carboxylic acids is 1. The van der Waals surface area contributed by atoms with Gasteiger partial charge in [0.15, 0.2) is 11.2 Å². The molecule has 0 spiro atoms. The Morgan fingerprint density at radius 3 is 2.60 bits per heavy atom. The van der Waals surface area contributed by atoms with E-state index in [9.17, 15) is 4.79 Å². The number of carbonyl (C=O) groups is 1. The first kappa shape index (κ1) is 18.1. The standard InChI is InChI=1S/C17H22BrN3O4/c1-16(2,3)25-15(22)21(4)17(7-9-23-10-8-17)14-20-13-11(24-14)5-6-12(18)19-13/h5-6H,7-10H2,1-4H3. The number of aromatic nitrogens is 2. The Labute approximate surface area is 154 Å². The highest BCUT2D eigenvalue weighted by Crippen LogP contribution is 2.39. The van der Waals surface area contributed by atoms with Gasteiger partial charge in [0.1, 0.15) is 15.7 Å². The second-order valence-electron chi connectivity index (χ2n) is 7.16. The number of rotatable bonds is 2. The number of oxazole rings is 1. The van der Waals surface area contributed by atoms with Gasteiger partial charge in [-0.15, -0.1) is 0 Å². The van der Waals surface area contributed by atoms with Gasteiger partial charge in [0, 0.05) is 33.1 Å². The fraction of sp³-hybridized carbons (Fsp3) is 0.588. The summed E-state index contributed by atoms with van der Waals surface area (Å²) in [5, 5.41) is 0. The van der Waals surface area contributed by atoms with Gasteiger partial charge in [-0.1, -0.05) is 0 Å². The molecule has 3 heterocycles. The normalized spacial score (nSPS) is 17.5. The molecule has 1 amide bonds. The van der Waals surface area contributed by atoms with Gasteiger partial charge in [0.25, 0.3) is 0 Å². The minimum atomic E-state index is -0.715. The summed E-state index contributed by atoms with van der Waals surface area (Å²) >= 11 is 3.34. The van der Waals surface area contributed by atoms with Crippen LogP contribution in [0.1, 0.15) is 39.5 Å². The van der Waals surface area contributed by atoms with E-state index in [2.05, 4.69) is 25.9 Å². The highest BCUT2D eigenvalue weighted by Gasteiger charge is 2.46. The zero-order chi connectivity index (χ0) is 18.2. The van der Waals surface area contributed by atoms with E-state index in [1.165, 1.54) is 0 Å². The average molecular weight is 412 g/mol. The second kappa shape index (κ2) is 6.57. The lowest BCUT2D eigenvalue weighted by Gasteiger charge is -2.41. The first-order valence-electron chi connectivity index (χ1n) is 8.19. The smallest absolute Gasteiger partial charge is 0.410 e. The summed E-state index contributed by atoms with van der Waals surface area (Å²) < 4.78 is 17.7. The average Bonchev–Trinajstić information content (AvgIpc) is 2.96. The lowest BCUT2D eigenvalue weighted by Crippen LogP contribution is -2.52. The van der Waals surface area contributed by atoms with Crippen molar-refractivity contribution in [2.45, 2.75) is 44.8 Å². The van der Waals surface area contributed by atoms with Crippen molar-refractivity contribution >= 4 is 33.3 Å². The van der Waals surface area contributed by atoms with E-state index >= 15 is 0 Å². The molecule has 1 aliphatic heterocycles. The molecule has 0 unspecified atom stereocenters. The molecule has 7 nitrogen and oxygen atoms in total. The molecule has 0 saturated carbocycles. The summed E-state index contributed by atoms with van der Waals surface area (Å²) in [5.41, 5.74) is -0.200. The van der Waals surface area contributed by atoms with Crippen molar-refractivity contribution in [3.8, 4) is 0 Å². The molecule has 136 valence electrons. The van der Waals surface area contributed by atoms with Crippen molar-refractivity contribution in [3.05, 3.63) is 22.6 Å². The number of hydrogen-bond donors (Lipinski definition) is 0. The molecule has 0 bridgehead atoms. The topological polar surface area (TPSA) is 77.7 Å². The maximum absolute atomic E-state index is 12.7. The molecule has 1 saturated heterocycles. The van der Waals surface area contributed by atoms with Crippen LogP contribution >= 0.6 is 15.9 Å². The van der Waals surface area contributed by atoms with Gasteiger partial charge < -0.3 is 13.9 Å². The molecule has 0 aromatic carbocycles. The summed E-state index contributed by atoms with van der Waals surface area (Å²) in [6, 6.07) is 3.61. The second-order valence-corrected chi connectivity index (χ2v) is 7.97. The summed E-state index contributed by atoms with van der Waals surface area (Å²) in [6.07, 6.45) is 0.749. The molecule has 0 aliphatic carbocycles. The predicted octanol–water partition coefficient (Wildman–Crippen LogP) is 3.86. The van der Waals surface area contributed by atoms with Gasteiger partial charge in [0.2, 0.25) is 5.89 Å². The Morgan fingerprint density at radius 1 is 1.28 bits per heavy atom. The van der Waals surface area contributed by atoms with E-state index in [4.69, 9.17) is 13.9 Å². The van der Waals surface area contributed by atoms with Gasteiger partial charge in [-0.2, -0.15) is 4.98 Å². The Kier molecular flexibility index (Phi) is 4.76. The van der Waals surface area contributed by atoms with E-state index in [1.807, 2.05) is 26.8 Å². The first-order chi connectivity index (χ1) is 11.7. The van der Waals surface area contributed by atoms with E-state index in [0.29, 0.717) is 47.8 Å². The molecule has 1 aliphatic rings. The number of fused-ring (bicyclic) bond motifs is 1. The number of pyridine rings is 1. The number of ether oxygens (including phenoxy) is 2. The predicted molar refractivity (Wildman–Crippen MR) is 95.2 cm³/mol. The SMILES string of the molecule is CN(C(=O)OC(C)(C)C)C1(c2nc3nc(Br)ccc3o2)CCOCC1. The van der Waals surface area contributed by atoms with Crippen LogP contribution in [0, 0.1) is 0 Å². The molecule has 25 heavy (non-hydrogen) atoms. The fourth-order valence-corrected chi connectivity index (χ4v) is 3.20. The van der Waals surface area contributed by atoms with Crippen molar-refractivity contribution in [1.29, 1.82) is 0 Å². The lowest BCUT2D eigenvalue weighted by atomic mass is 9.88. The van der Waals surface area contributed by atoms with E-state index in [-0.39, 0.29) is 0 Å². The van der Waals surface area contributed by atoms with Crippen LogP contribution in [0.3, 0.4) is 0 Å². The number of amides is 1. The molecule has 8 heteroatoms. The minimum absolute atomic E-state index is 0.411. The lowest BCUT2D eigenvalue weighted by molar-refractivity contribution is -0.0478. The van der Waals surface area contributed by atoms with Crippen molar-refractivity contribution in [1.82, 2.24) is 14.9 Å². The molecule has 0 radical (unpaired) electrons. The van der Waals surface area contributed by atoms with Crippen molar-refractivity contribution < 1.29 is 18.7 Å². The molecule has 3 rings (SSSR count). The molecule has 0 atom stereocenters. The molecule has 0 N–H and O–H groups in total. The van der Waals surface area contributed by atoms with E-state index in [1.54, 1.807) is 18.0 Å². The van der Waals surface area contributed by atoms with Crippen LogP contribution in [0.5, 0.6) is 0 Å². The Morgan fingerprint density at radius 2 is 1.96 bits per heavy atom. The highest BCUT2D eigenvalue weighted by atomic mass is 79.9. The Balaban J connectivity index is 2.01. The number of hydrogen-bond acceptors (Lipinski definition) is 6. The Hall–Kier alpha value is -1.67. The highest BCUT2D eigenvalue weighted by molar-refractivity contribution is 9.10. The summed E-state index contributed by atoms with van der Waals surface area (Å²) in [7, 11) is 1.72. The van der Waals surface area contributed by atoms with Crippen LogP contribution < -0.4 is 0 Å². The van der Waals surface area contributed by atoms with E-state index in [0.717, 1.165) is 0 Å². The van der Waals surface area contributed by atoms with Gasteiger partial charge in [-0.3, -0.25) is 4.90 Å². The zero-order valence-electron chi connectivity index (χ0n) is 14.8. The summed E-state index contributed by atoms with van der Waals surface area (Å²) in [4.78, 5) is 23.1. The van der Waals surface area contributed by atoms with E-state index < -0.39 is 17.2 Å². The van der Waals surface area contributed by atoms with Gasteiger partial charge in [0.05, 0.1) is 0 Å². The minimum Gasteiger partial charge on any atom is -0.444 e. The van der Waals surface area contributed by atoms with Crippen molar-refractivity contribution in [2.75, 3.05) is 20.3 Å². The van der Waals surface area contributed by atoms with Crippen molar-refractivity contribution in [3.63, 3.8) is 0 Å². The number of halogens is 1.